The highest BCUT2D eigenvalue weighted by atomic mass is 16.7. The summed E-state index contributed by atoms with van der Waals surface area (Å²) >= 11 is 0. The van der Waals surface area contributed by atoms with E-state index < -0.39 is 6.16 Å². The molecule has 0 amide bonds. The lowest BCUT2D eigenvalue weighted by Crippen LogP contribution is -2.14. The van der Waals surface area contributed by atoms with Crippen LogP contribution in [0.15, 0.2) is 133 Å². The predicted molar refractivity (Wildman–Crippen MR) is 145 cm³/mol. The first-order chi connectivity index (χ1) is 17.7. The van der Waals surface area contributed by atoms with Crippen molar-refractivity contribution in [3.63, 3.8) is 0 Å². The summed E-state index contributed by atoms with van der Waals surface area (Å²) in [7, 11) is 0. The van der Waals surface area contributed by atoms with E-state index in [2.05, 4.69) is 48.5 Å². The molecule has 0 bridgehead atoms. The Hall–Kier alpha value is -4.89. The maximum absolute atomic E-state index is 12.9. The fourth-order valence-electron chi connectivity index (χ4n) is 4.50. The molecular weight excluding hydrogens is 444 g/mol. The van der Waals surface area contributed by atoms with Gasteiger partial charge in [0.1, 0.15) is 11.5 Å². The molecular formula is C33H22O3. The minimum absolute atomic E-state index is 0.445. The van der Waals surface area contributed by atoms with E-state index in [1.54, 1.807) is 12.1 Å². The minimum atomic E-state index is -0.781. The average molecular weight is 467 g/mol. The number of hydrogen-bond donors (Lipinski definition) is 0. The van der Waals surface area contributed by atoms with Gasteiger partial charge in [0, 0.05) is 11.1 Å². The van der Waals surface area contributed by atoms with E-state index in [9.17, 15) is 4.79 Å². The Kier molecular flexibility index (Phi) is 5.65. The van der Waals surface area contributed by atoms with Gasteiger partial charge in [-0.2, -0.15) is 0 Å². The molecule has 3 heteroatoms. The van der Waals surface area contributed by atoms with Gasteiger partial charge in [0.05, 0.1) is 0 Å². The molecule has 0 fully saturated rings. The van der Waals surface area contributed by atoms with Crippen molar-refractivity contribution in [3.8, 4) is 33.8 Å². The van der Waals surface area contributed by atoms with Gasteiger partial charge in [-0.05, 0) is 56.9 Å². The van der Waals surface area contributed by atoms with Crippen LogP contribution in [0.5, 0.6) is 11.5 Å². The van der Waals surface area contributed by atoms with Crippen LogP contribution in [0.2, 0.25) is 0 Å². The molecule has 6 aromatic carbocycles. The van der Waals surface area contributed by atoms with Crippen LogP contribution in [0, 0.1) is 0 Å². The van der Waals surface area contributed by atoms with Gasteiger partial charge in [0.25, 0.3) is 0 Å². The number of carbonyl (C=O) groups excluding carboxylic acids is 1. The van der Waals surface area contributed by atoms with Crippen LogP contribution < -0.4 is 9.47 Å². The maximum Gasteiger partial charge on any atom is 0.519 e. The van der Waals surface area contributed by atoms with Gasteiger partial charge in [-0.25, -0.2) is 4.79 Å². The molecule has 0 N–H and O–H groups in total. The molecule has 3 nitrogen and oxygen atoms in total. The van der Waals surface area contributed by atoms with E-state index in [0.717, 1.165) is 43.8 Å². The summed E-state index contributed by atoms with van der Waals surface area (Å²) in [5, 5.41) is 4.56. The lowest BCUT2D eigenvalue weighted by Gasteiger charge is -2.13. The molecule has 0 atom stereocenters. The van der Waals surface area contributed by atoms with E-state index in [1.165, 1.54) is 0 Å². The Morgan fingerprint density at radius 3 is 1.28 bits per heavy atom. The fraction of sp³-hybridized carbons (Fsp3) is 0. The van der Waals surface area contributed by atoms with Crippen molar-refractivity contribution in [2.45, 2.75) is 0 Å². The molecule has 0 radical (unpaired) electrons. The smallest absolute Gasteiger partial charge is 0.394 e. The summed E-state index contributed by atoms with van der Waals surface area (Å²) in [5.41, 5.74) is 3.58. The van der Waals surface area contributed by atoms with Crippen molar-refractivity contribution in [1.82, 2.24) is 0 Å². The van der Waals surface area contributed by atoms with E-state index in [0.29, 0.717) is 11.5 Å². The standard InChI is InChI=1S/C33H22O3/c34-33(35-31-15-7-5-13-29(31)27-19-17-23-9-1-3-11-25(23)21-27)36-32-16-8-6-14-30(32)28-20-18-24-10-2-4-12-26(24)22-28/h1-22H. The third-order valence-corrected chi connectivity index (χ3v) is 6.28. The molecule has 0 aliphatic rings. The summed E-state index contributed by atoms with van der Waals surface area (Å²) in [5.74, 6) is 0.891. The van der Waals surface area contributed by atoms with Gasteiger partial charge in [0.2, 0.25) is 0 Å². The Balaban J connectivity index is 1.28. The largest absolute Gasteiger partial charge is 0.519 e. The van der Waals surface area contributed by atoms with Crippen molar-refractivity contribution in [2.75, 3.05) is 0 Å². The first-order valence-electron chi connectivity index (χ1n) is 11.8. The number of hydrogen-bond acceptors (Lipinski definition) is 3. The van der Waals surface area contributed by atoms with Crippen molar-refractivity contribution in [3.05, 3.63) is 133 Å². The topological polar surface area (TPSA) is 35.5 Å². The van der Waals surface area contributed by atoms with E-state index in [1.807, 2.05) is 72.8 Å². The fourth-order valence-corrected chi connectivity index (χ4v) is 4.50. The quantitative estimate of drug-likeness (QED) is 0.192. The molecule has 0 aromatic heterocycles. The first kappa shape index (κ1) is 21.6. The van der Waals surface area contributed by atoms with Crippen molar-refractivity contribution < 1.29 is 14.3 Å². The molecule has 0 saturated heterocycles. The SMILES string of the molecule is O=C(Oc1ccccc1-c1ccc2ccccc2c1)Oc1ccccc1-c1ccc2ccccc2c1. The molecule has 36 heavy (non-hydrogen) atoms. The van der Waals surface area contributed by atoms with E-state index in [-0.39, 0.29) is 0 Å². The maximum atomic E-state index is 12.9. The Bertz CT molecular complexity index is 1590. The number of rotatable bonds is 4. The highest BCUT2D eigenvalue weighted by Crippen LogP contribution is 2.34. The highest BCUT2D eigenvalue weighted by molar-refractivity contribution is 5.90. The zero-order chi connectivity index (χ0) is 24.3. The van der Waals surface area contributed by atoms with Crippen molar-refractivity contribution in [1.29, 1.82) is 0 Å². The summed E-state index contributed by atoms with van der Waals surface area (Å²) in [4.78, 5) is 12.9. The van der Waals surface area contributed by atoms with Gasteiger partial charge >= 0.3 is 6.16 Å². The van der Waals surface area contributed by atoms with Crippen LogP contribution in [0.3, 0.4) is 0 Å². The second-order valence-corrected chi connectivity index (χ2v) is 8.57. The molecule has 6 aromatic rings. The molecule has 0 saturated carbocycles. The first-order valence-corrected chi connectivity index (χ1v) is 11.8. The molecule has 172 valence electrons. The van der Waals surface area contributed by atoms with Crippen LogP contribution in [-0.4, -0.2) is 6.16 Å². The van der Waals surface area contributed by atoms with E-state index >= 15 is 0 Å². The summed E-state index contributed by atoms with van der Waals surface area (Å²) in [6.45, 7) is 0. The van der Waals surface area contributed by atoms with Crippen LogP contribution in [0.4, 0.5) is 4.79 Å². The van der Waals surface area contributed by atoms with Crippen LogP contribution in [-0.2, 0) is 0 Å². The second-order valence-electron chi connectivity index (χ2n) is 8.57. The second kappa shape index (κ2) is 9.40. The van der Waals surface area contributed by atoms with Crippen LogP contribution in [0.1, 0.15) is 0 Å². The number of benzene rings is 6. The monoisotopic (exact) mass is 466 g/mol. The summed E-state index contributed by atoms with van der Waals surface area (Å²) in [6.07, 6.45) is -0.781. The summed E-state index contributed by atoms with van der Waals surface area (Å²) < 4.78 is 11.4. The summed E-state index contributed by atoms with van der Waals surface area (Å²) in [6, 6.07) is 43.7. The van der Waals surface area contributed by atoms with Gasteiger partial charge < -0.3 is 9.47 Å². The number of para-hydroxylation sites is 2. The predicted octanol–water partition coefficient (Wildman–Crippen LogP) is 8.90. The van der Waals surface area contributed by atoms with Crippen LogP contribution >= 0.6 is 0 Å². The number of carbonyl (C=O) groups is 1. The van der Waals surface area contributed by atoms with Crippen molar-refractivity contribution in [2.24, 2.45) is 0 Å². The Labute approximate surface area is 209 Å². The Morgan fingerprint density at radius 2 is 0.806 bits per heavy atom. The number of fused-ring (bicyclic) bond motifs is 2. The zero-order valence-corrected chi connectivity index (χ0v) is 19.4. The van der Waals surface area contributed by atoms with Gasteiger partial charge in [-0.3, -0.25) is 0 Å². The molecule has 0 aliphatic carbocycles. The Morgan fingerprint density at radius 1 is 0.417 bits per heavy atom. The molecule has 0 unspecified atom stereocenters. The normalized spacial score (nSPS) is 10.9. The minimum Gasteiger partial charge on any atom is -0.394 e. The molecule has 0 heterocycles. The highest BCUT2D eigenvalue weighted by Gasteiger charge is 2.16. The molecule has 6 rings (SSSR count). The van der Waals surface area contributed by atoms with Gasteiger partial charge in [-0.1, -0.05) is 109 Å². The third kappa shape index (κ3) is 4.30. The zero-order valence-electron chi connectivity index (χ0n) is 19.4. The average Bonchev–Trinajstić information content (AvgIpc) is 2.93. The van der Waals surface area contributed by atoms with Crippen molar-refractivity contribution >= 4 is 27.7 Å². The number of ether oxygens (including phenoxy) is 2. The van der Waals surface area contributed by atoms with Gasteiger partial charge in [-0.15, -0.1) is 0 Å². The van der Waals surface area contributed by atoms with E-state index in [4.69, 9.17) is 9.47 Å². The molecule has 0 spiro atoms. The lowest BCUT2D eigenvalue weighted by molar-refractivity contribution is 0.152. The van der Waals surface area contributed by atoms with Crippen LogP contribution in [0.25, 0.3) is 43.8 Å². The molecule has 0 aliphatic heterocycles. The van der Waals surface area contributed by atoms with Gasteiger partial charge in [0.15, 0.2) is 0 Å². The third-order valence-electron chi connectivity index (χ3n) is 6.28. The lowest BCUT2D eigenvalue weighted by atomic mass is 10.0.